The van der Waals surface area contributed by atoms with Crippen molar-refractivity contribution in [1.29, 1.82) is 0 Å². The highest BCUT2D eigenvalue weighted by atomic mass is 35.5. The molecule has 0 saturated carbocycles. The Morgan fingerprint density at radius 2 is 1.93 bits per heavy atom. The van der Waals surface area contributed by atoms with Gasteiger partial charge in [-0.1, -0.05) is 23.7 Å². The minimum absolute atomic E-state index is 0.0577. The fraction of sp³-hybridized carbons (Fsp3) is 0.211. The molecule has 0 aliphatic rings. The number of phenols is 1. The molecular weight excluding hydrogens is 380 g/mol. The number of halogens is 3. The van der Waals surface area contributed by atoms with Gasteiger partial charge in [0.1, 0.15) is 11.5 Å². The molecule has 2 aromatic carbocycles. The molecule has 0 bridgehead atoms. The van der Waals surface area contributed by atoms with Crippen LogP contribution in [-0.2, 0) is 17.8 Å². The van der Waals surface area contributed by atoms with Crippen LogP contribution in [0.15, 0.2) is 36.4 Å². The summed E-state index contributed by atoms with van der Waals surface area (Å²) in [5.74, 6) is -1.05. The molecule has 0 spiro atoms. The molecule has 0 atom stereocenters. The van der Waals surface area contributed by atoms with Crippen LogP contribution in [0.3, 0.4) is 0 Å². The van der Waals surface area contributed by atoms with E-state index < -0.39 is 12.6 Å². The van der Waals surface area contributed by atoms with Crippen LogP contribution in [0.1, 0.15) is 16.8 Å². The molecule has 3 rings (SSSR count). The van der Waals surface area contributed by atoms with Crippen molar-refractivity contribution in [1.82, 2.24) is 4.57 Å². The molecule has 27 heavy (non-hydrogen) atoms. The molecule has 1 aromatic heterocycles. The molecule has 0 aliphatic heterocycles. The van der Waals surface area contributed by atoms with Crippen molar-refractivity contribution in [3.8, 4) is 11.5 Å². The third-order valence-corrected chi connectivity index (χ3v) is 4.64. The summed E-state index contributed by atoms with van der Waals surface area (Å²) < 4.78 is 30.7. The van der Waals surface area contributed by atoms with Gasteiger partial charge in [-0.3, -0.25) is 4.79 Å². The van der Waals surface area contributed by atoms with E-state index in [2.05, 4.69) is 4.74 Å². The number of carboxylic acid groups (broad SMARTS) is 1. The van der Waals surface area contributed by atoms with Crippen molar-refractivity contribution in [2.24, 2.45) is 0 Å². The Labute approximate surface area is 158 Å². The molecule has 0 saturated heterocycles. The average Bonchev–Trinajstić information content (AvgIpc) is 2.82. The molecule has 0 unspecified atom stereocenters. The van der Waals surface area contributed by atoms with Gasteiger partial charge >= 0.3 is 12.6 Å². The van der Waals surface area contributed by atoms with E-state index >= 15 is 0 Å². The largest absolute Gasteiger partial charge is 0.506 e. The van der Waals surface area contributed by atoms with Crippen molar-refractivity contribution in [3.63, 3.8) is 0 Å². The monoisotopic (exact) mass is 395 g/mol. The molecule has 1 heterocycles. The lowest BCUT2D eigenvalue weighted by molar-refractivity contribution is -0.136. The number of nitrogens with zero attached hydrogens (tertiary/aromatic N) is 1. The second-order valence-corrected chi connectivity index (χ2v) is 6.47. The molecule has 3 aromatic rings. The number of ether oxygens (including phenoxy) is 1. The van der Waals surface area contributed by atoms with Gasteiger partial charge in [-0.25, -0.2) is 0 Å². The minimum atomic E-state index is -2.89. The number of aromatic hydroxyl groups is 1. The Balaban J connectivity index is 2.04. The molecule has 5 nitrogen and oxygen atoms in total. The second-order valence-electron chi connectivity index (χ2n) is 6.06. The lowest BCUT2D eigenvalue weighted by Crippen LogP contribution is -2.05. The smallest absolute Gasteiger partial charge is 0.387 e. The second kappa shape index (κ2) is 7.44. The first kappa shape index (κ1) is 19.0. The molecule has 0 aliphatic carbocycles. The number of carbonyl (C=O) groups is 1. The molecule has 0 amide bonds. The van der Waals surface area contributed by atoms with E-state index in [9.17, 15) is 23.8 Å². The lowest BCUT2D eigenvalue weighted by atomic mass is 10.1. The van der Waals surface area contributed by atoms with Gasteiger partial charge in [0.2, 0.25) is 0 Å². The van der Waals surface area contributed by atoms with Gasteiger partial charge in [0.15, 0.2) is 0 Å². The molecular formula is C19H16ClF2NO4. The van der Waals surface area contributed by atoms with Crippen LogP contribution in [0.4, 0.5) is 8.78 Å². The third kappa shape index (κ3) is 3.98. The number of phenolic OH excluding ortho intramolecular Hbond substituents is 1. The van der Waals surface area contributed by atoms with E-state index in [1.54, 1.807) is 25.1 Å². The van der Waals surface area contributed by atoms with Crippen molar-refractivity contribution < 1.29 is 28.5 Å². The quantitative estimate of drug-likeness (QED) is 0.640. The zero-order chi connectivity index (χ0) is 19.7. The van der Waals surface area contributed by atoms with Crippen molar-refractivity contribution in [2.45, 2.75) is 26.5 Å². The van der Waals surface area contributed by atoms with Crippen LogP contribution in [0, 0.1) is 6.92 Å². The summed E-state index contributed by atoms with van der Waals surface area (Å²) in [4.78, 5) is 11.2. The normalized spacial score (nSPS) is 11.3. The standard InChI is InChI=1S/C19H16ClF2NO4/c1-10-13(7-18(25)26)14-6-17(24)15(20)8-16(14)23(10)9-11-2-4-12(5-3-11)27-19(21)22/h2-6,8,19,24H,7,9H2,1H3,(H,25,26). The maximum Gasteiger partial charge on any atom is 0.387 e. The minimum Gasteiger partial charge on any atom is -0.506 e. The lowest BCUT2D eigenvalue weighted by Gasteiger charge is -2.10. The molecule has 0 radical (unpaired) electrons. The molecule has 142 valence electrons. The average molecular weight is 396 g/mol. The fourth-order valence-electron chi connectivity index (χ4n) is 3.09. The van der Waals surface area contributed by atoms with E-state index in [0.29, 0.717) is 23.0 Å². The van der Waals surface area contributed by atoms with E-state index in [4.69, 9.17) is 11.6 Å². The highest BCUT2D eigenvalue weighted by Crippen LogP contribution is 2.35. The topological polar surface area (TPSA) is 71.7 Å². The summed E-state index contributed by atoms with van der Waals surface area (Å²) in [5, 5.41) is 19.9. The highest BCUT2D eigenvalue weighted by Gasteiger charge is 2.18. The summed E-state index contributed by atoms with van der Waals surface area (Å²) >= 11 is 6.03. The van der Waals surface area contributed by atoms with Crippen molar-refractivity contribution >= 4 is 28.5 Å². The summed E-state index contributed by atoms with van der Waals surface area (Å²) in [6.07, 6.45) is -0.197. The Kier molecular flexibility index (Phi) is 5.23. The van der Waals surface area contributed by atoms with Gasteiger partial charge in [-0.15, -0.1) is 0 Å². The predicted octanol–water partition coefficient (Wildman–Crippen LogP) is 4.59. The Hall–Kier alpha value is -2.80. The first-order chi connectivity index (χ1) is 12.8. The van der Waals surface area contributed by atoms with E-state index in [0.717, 1.165) is 11.3 Å². The van der Waals surface area contributed by atoms with Crippen LogP contribution in [0.2, 0.25) is 5.02 Å². The van der Waals surface area contributed by atoms with Crippen molar-refractivity contribution in [3.05, 3.63) is 58.2 Å². The molecule has 0 fully saturated rings. The fourth-order valence-corrected chi connectivity index (χ4v) is 3.25. The van der Waals surface area contributed by atoms with Gasteiger partial charge in [0.05, 0.1) is 17.0 Å². The number of hydrogen-bond acceptors (Lipinski definition) is 3. The maximum absolute atomic E-state index is 12.3. The number of hydrogen-bond donors (Lipinski definition) is 2. The zero-order valence-electron chi connectivity index (χ0n) is 14.2. The SMILES string of the molecule is Cc1c(CC(=O)O)c2cc(O)c(Cl)cc2n1Cc1ccc(OC(F)F)cc1. The number of aliphatic carboxylic acids is 1. The van der Waals surface area contributed by atoms with Gasteiger partial charge in [-0.2, -0.15) is 8.78 Å². The summed E-state index contributed by atoms with van der Waals surface area (Å²) in [6.45, 7) is -0.727. The number of alkyl halides is 2. The zero-order valence-corrected chi connectivity index (χ0v) is 15.0. The van der Waals surface area contributed by atoms with Gasteiger partial charge in [0.25, 0.3) is 0 Å². The van der Waals surface area contributed by atoms with Gasteiger partial charge in [-0.05, 0) is 42.3 Å². The predicted molar refractivity (Wildman–Crippen MR) is 96.9 cm³/mol. The van der Waals surface area contributed by atoms with Crippen molar-refractivity contribution in [2.75, 3.05) is 0 Å². The number of fused-ring (bicyclic) bond motifs is 1. The molecule has 2 N–H and O–H groups in total. The van der Waals surface area contributed by atoms with Crippen LogP contribution in [-0.4, -0.2) is 27.4 Å². The number of aromatic nitrogens is 1. The Bertz CT molecular complexity index is 999. The number of carboxylic acids is 1. The Morgan fingerprint density at radius 3 is 2.52 bits per heavy atom. The van der Waals surface area contributed by atoms with Crippen LogP contribution < -0.4 is 4.74 Å². The number of benzene rings is 2. The van der Waals surface area contributed by atoms with E-state index in [1.807, 2.05) is 4.57 Å². The summed E-state index contributed by atoms with van der Waals surface area (Å²) in [6, 6.07) is 9.24. The highest BCUT2D eigenvalue weighted by molar-refractivity contribution is 6.32. The summed E-state index contributed by atoms with van der Waals surface area (Å²) in [5.41, 5.74) is 2.80. The summed E-state index contributed by atoms with van der Waals surface area (Å²) in [7, 11) is 0. The van der Waals surface area contributed by atoms with Gasteiger partial charge < -0.3 is 19.5 Å². The number of rotatable bonds is 6. The van der Waals surface area contributed by atoms with Crippen LogP contribution >= 0.6 is 11.6 Å². The first-order valence-corrected chi connectivity index (χ1v) is 8.39. The van der Waals surface area contributed by atoms with Crippen LogP contribution in [0.5, 0.6) is 11.5 Å². The molecule has 8 heteroatoms. The van der Waals surface area contributed by atoms with E-state index in [-0.39, 0.29) is 22.9 Å². The maximum atomic E-state index is 12.3. The van der Waals surface area contributed by atoms with Gasteiger partial charge in [0, 0.05) is 17.6 Å². The first-order valence-electron chi connectivity index (χ1n) is 8.02. The third-order valence-electron chi connectivity index (χ3n) is 4.34. The van der Waals surface area contributed by atoms with E-state index in [1.165, 1.54) is 18.2 Å². The van der Waals surface area contributed by atoms with Crippen LogP contribution in [0.25, 0.3) is 10.9 Å². The Morgan fingerprint density at radius 1 is 1.26 bits per heavy atom.